The van der Waals surface area contributed by atoms with Crippen LogP contribution in [0.2, 0.25) is 0 Å². The number of phenolic OH excluding ortho intramolecular Hbond substituents is 1. The monoisotopic (exact) mass is 260 g/mol. The minimum atomic E-state index is 0.333. The van der Waals surface area contributed by atoms with Crippen LogP contribution in [0.25, 0.3) is 5.57 Å². The molecule has 0 heterocycles. The second-order valence-electron chi connectivity index (χ2n) is 5.55. The molecule has 1 N–H and O–H groups in total. The van der Waals surface area contributed by atoms with E-state index in [1.54, 1.807) is 12.1 Å². The fourth-order valence-electron chi connectivity index (χ4n) is 3.59. The van der Waals surface area contributed by atoms with Gasteiger partial charge in [-0.25, -0.2) is 0 Å². The van der Waals surface area contributed by atoms with Crippen LogP contribution in [0.1, 0.15) is 29.0 Å². The Morgan fingerprint density at radius 1 is 0.950 bits per heavy atom. The molecule has 0 amide bonds. The SMILES string of the molecule is Oc1ccc(C2c3ccccc3C3=CC=CCC32)cc1. The Morgan fingerprint density at radius 3 is 2.60 bits per heavy atom. The summed E-state index contributed by atoms with van der Waals surface area (Å²) in [5, 5.41) is 9.50. The average Bonchev–Trinajstić information content (AvgIpc) is 2.83. The second-order valence-corrected chi connectivity index (χ2v) is 5.55. The highest BCUT2D eigenvalue weighted by molar-refractivity contribution is 5.79. The van der Waals surface area contributed by atoms with Gasteiger partial charge in [0.15, 0.2) is 0 Å². The lowest BCUT2D eigenvalue weighted by Gasteiger charge is -2.22. The van der Waals surface area contributed by atoms with E-state index in [1.165, 1.54) is 22.3 Å². The summed E-state index contributed by atoms with van der Waals surface area (Å²) in [5.74, 6) is 1.27. The van der Waals surface area contributed by atoms with Crippen molar-refractivity contribution in [3.8, 4) is 5.75 Å². The van der Waals surface area contributed by atoms with Crippen LogP contribution < -0.4 is 0 Å². The number of benzene rings is 2. The van der Waals surface area contributed by atoms with E-state index in [2.05, 4.69) is 54.6 Å². The van der Waals surface area contributed by atoms with Crippen molar-refractivity contribution >= 4 is 5.57 Å². The lowest BCUT2D eigenvalue weighted by molar-refractivity contribution is 0.474. The molecule has 2 unspecified atom stereocenters. The van der Waals surface area contributed by atoms with Gasteiger partial charge in [-0.2, -0.15) is 0 Å². The Hall–Kier alpha value is -2.28. The molecule has 0 saturated carbocycles. The lowest BCUT2D eigenvalue weighted by atomic mass is 9.81. The number of aromatic hydroxyl groups is 1. The molecular formula is C19H16O. The van der Waals surface area contributed by atoms with E-state index in [4.69, 9.17) is 0 Å². The average molecular weight is 260 g/mol. The van der Waals surface area contributed by atoms with Gasteiger partial charge in [0.25, 0.3) is 0 Å². The van der Waals surface area contributed by atoms with Gasteiger partial charge in [-0.3, -0.25) is 0 Å². The van der Waals surface area contributed by atoms with Gasteiger partial charge in [-0.15, -0.1) is 0 Å². The molecule has 1 nitrogen and oxygen atoms in total. The van der Waals surface area contributed by atoms with Crippen molar-refractivity contribution in [2.24, 2.45) is 5.92 Å². The van der Waals surface area contributed by atoms with Gasteiger partial charge in [0, 0.05) is 5.92 Å². The van der Waals surface area contributed by atoms with Crippen LogP contribution in [0.5, 0.6) is 5.75 Å². The fraction of sp³-hybridized carbons (Fsp3) is 0.158. The van der Waals surface area contributed by atoms with Gasteiger partial charge in [0.1, 0.15) is 5.75 Å². The molecule has 2 aliphatic carbocycles. The second kappa shape index (κ2) is 4.38. The van der Waals surface area contributed by atoms with Crippen LogP contribution in [0.3, 0.4) is 0 Å². The molecular weight excluding hydrogens is 244 g/mol. The zero-order valence-corrected chi connectivity index (χ0v) is 11.2. The Labute approximate surface area is 118 Å². The predicted octanol–water partition coefficient (Wildman–Crippen LogP) is 4.50. The zero-order chi connectivity index (χ0) is 13.5. The van der Waals surface area contributed by atoms with Crippen LogP contribution in [-0.2, 0) is 0 Å². The molecule has 0 spiro atoms. The molecule has 20 heavy (non-hydrogen) atoms. The molecule has 0 fully saturated rings. The number of fused-ring (bicyclic) bond motifs is 3. The topological polar surface area (TPSA) is 20.2 Å². The van der Waals surface area contributed by atoms with Crippen molar-refractivity contribution in [1.82, 2.24) is 0 Å². The van der Waals surface area contributed by atoms with Gasteiger partial charge in [0.05, 0.1) is 0 Å². The third-order valence-corrected chi connectivity index (χ3v) is 4.46. The van der Waals surface area contributed by atoms with Gasteiger partial charge in [0.2, 0.25) is 0 Å². The minimum absolute atomic E-state index is 0.333. The number of allylic oxidation sites excluding steroid dienone is 4. The molecule has 98 valence electrons. The van der Waals surface area contributed by atoms with E-state index in [9.17, 15) is 5.11 Å². The maximum absolute atomic E-state index is 9.50. The highest BCUT2D eigenvalue weighted by Gasteiger charge is 2.36. The molecule has 0 saturated heterocycles. The van der Waals surface area contributed by atoms with Crippen LogP contribution in [0, 0.1) is 5.92 Å². The van der Waals surface area contributed by atoms with E-state index in [1.807, 2.05) is 0 Å². The van der Waals surface area contributed by atoms with Gasteiger partial charge < -0.3 is 5.11 Å². The molecule has 2 aromatic carbocycles. The summed E-state index contributed by atoms with van der Waals surface area (Å²) in [6.45, 7) is 0. The Bertz CT molecular complexity index is 707. The van der Waals surface area contributed by atoms with E-state index in [0.29, 0.717) is 17.6 Å². The third kappa shape index (κ3) is 1.63. The molecule has 1 heteroatoms. The first-order chi connectivity index (χ1) is 9.84. The quantitative estimate of drug-likeness (QED) is 0.800. The highest BCUT2D eigenvalue weighted by Crippen LogP contribution is 2.51. The summed E-state index contributed by atoms with van der Waals surface area (Å²) in [4.78, 5) is 0. The summed E-state index contributed by atoms with van der Waals surface area (Å²) in [7, 11) is 0. The van der Waals surface area contributed by atoms with Crippen molar-refractivity contribution < 1.29 is 5.11 Å². The Morgan fingerprint density at radius 2 is 1.75 bits per heavy atom. The maximum Gasteiger partial charge on any atom is 0.115 e. The largest absolute Gasteiger partial charge is 0.508 e. The molecule has 2 aromatic rings. The van der Waals surface area contributed by atoms with Crippen LogP contribution in [0.15, 0.2) is 66.8 Å². The van der Waals surface area contributed by atoms with E-state index in [0.717, 1.165) is 6.42 Å². The number of hydrogen-bond donors (Lipinski definition) is 1. The van der Waals surface area contributed by atoms with Gasteiger partial charge in [-0.05, 0) is 46.7 Å². The van der Waals surface area contributed by atoms with Crippen LogP contribution in [0.4, 0.5) is 0 Å². The molecule has 0 aromatic heterocycles. The van der Waals surface area contributed by atoms with Crippen molar-refractivity contribution in [3.05, 3.63) is 83.4 Å². The Balaban J connectivity index is 1.89. The smallest absolute Gasteiger partial charge is 0.115 e. The van der Waals surface area contributed by atoms with Gasteiger partial charge >= 0.3 is 0 Å². The highest BCUT2D eigenvalue weighted by atomic mass is 16.3. The van der Waals surface area contributed by atoms with Crippen molar-refractivity contribution in [3.63, 3.8) is 0 Å². The van der Waals surface area contributed by atoms with E-state index < -0.39 is 0 Å². The third-order valence-electron chi connectivity index (χ3n) is 4.46. The van der Waals surface area contributed by atoms with Crippen molar-refractivity contribution in [2.45, 2.75) is 12.3 Å². The summed E-state index contributed by atoms with van der Waals surface area (Å²) in [6, 6.07) is 16.4. The molecule has 2 atom stereocenters. The first-order valence-electron chi connectivity index (χ1n) is 7.09. The summed E-state index contributed by atoms with van der Waals surface area (Å²) < 4.78 is 0. The number of phenols is 1. The minimum Gasteiger partial charge on any atom is -0.508 e. The molecule has 0 bridgehead atoms. The van der Waals surface area contributed by atoms with Crippen molar-refractivity contribution in [2.75, 3.05) is 0 Å². The maximum atomic E-state index is 9.50. The lowest BCUT2D eigenvalue weighted by Crippen LogP contribution is -2.09. The Kier molecular flexibility index (Phi) is 2.53. The fourth-order valence-corrected chi connectivity index (χ4v) is 3.59. The first-order valence-corrected chi connectivity index (χ1v) is 7.09. The van der Waals surface area contributed by atoms with Crippen LogP contribution in [-0.4, -0.2) is 5.11 Å². The van der Waals surface area contributed by atoms with E-state index >= 15 is 0 Å². The number of rotatable bonds is 1. The number of hydrogen-bond acceptors (Lipinski definition) is 1. The summed E-state index contributed by atoms with van der Waals surface area (Å²) >= 11 is 0. The molecule has 0 aliphatic heterocycles. The summed E-state index contributed by atoms with van der Waals surface area (Å²) in [5.41, 5.74) is 5.55. The van der Waals surface area contributed by atoms with Gasteiger partial charge in [-0.1, -0.05) is 54.6 Å². The standard InChI is InChI=1S/C19H16O/c20-14-11-9-13(10-12-14)19-17-7-3-1-5-15(17)16-6-2-4-8-18(16)19/h1-7,9-12,18-20H,8H2. The zero-order valence-electron chi connectivity index (χ0n) is 11.2. The summed E-state index contributed by atoms with van der Waals surface area (Å²) in [6.07, 6.45) is 7.77. The van der Waals surface area contributed by atoms with E-state index in [-0.39, 0.29) is 0 Å². The first kappa shape index (κ1) is 11.5. The van der Waals surface area contributed by atoms with Crippen molar-refractivity contribution in [1.29, 1.82) is 0 Å². The van der Waals surface area contributed by atoms with Crippen LogP contribution >= 0.6 is 0 Å². The molecule has 4 rings (SSSR count). The predicted molar refractivity (Wildman–Crippen MR) is 81.6 cm³/mol. The molecule has 0 radical (unpaired) electrons. The molecule has 2 aliphatic rings. The normalized spacial score (nSPS) is 23.1.